The van der Waals surface area contributed by atoms with Crippen molar-refractivity contribution in [1.82, 2.24) is 0 Å². The Bertz CT molecular complexity index is 590. The molecule has 118 valence electrons. The second-order valence-electron chi connectivity index (χ2n) is 5.53. The van der Waals surface area contributed by atoms with E-state index in [1.807, 2.05) is 18.2 Å². The molecular formula is C19H25NO2. The van der Waals surface area contributed by atoms with Crippen molar-refractivity contribution in [3.63, 3.8) is 0 Å². The lowest BCUT2D eigenvalue weighted by Crippen LogP contribution is -2.16. The van der Waals surface area contributed by atoms with Crippen LogP contribution >= 0.6 is 0 Å². The molecule has 0 aromatic heterocycles. The maximum Gasteiger partial charge on any atom is 0.125 e. The van der Waals surface area contributed by atoms with Gasteiger partial charge in [0.2, 0.25) is 0 Å². The largest absolute Gasteiger partial charge is 0.496 e. The van der Waals surface area contributed by atoms with E-state index >= 15 is 0 Å². The van der Waals surface area contributed by atoms with Gasteiger partial charge in [-0.15, -0.1) is 0 Å². The van der Waals surface area contributed by atoms with Crippen LogP contribution in [0, 0.1) is 13.8 Å². The summed E-state index contributed by atoms with van der Waals surface area (Å²) in [6, 6.07) is 14.2. The molecule has 0 radical (unpaired) electrons. The van der Waals surface area contributed by atoms with E-state index in [-0.39, 0.29) is 5.92 Å². The molecule has 2 aromatic carbocycles. The standard InChI is InChI=1S/C19H25NO2/c1-14-7-6-8-15(2)19(14)22-12-11-16(13-20)17-9-4-5-10-18(17)21-3/h4-10,16H,11-13,20H2,1-3H3. The molecule has 0 spiro atoms. The number of nitrogens with two attached hydrogens (primary N) is 1. The summed E-state index contributed by atoms with van der Waals surface area (Å²) in [5, 5.41) is 0. The quantitative estimate of drug-likeness (QED) is 0.845. The van der Waals surface area contributed by atoms with E-state index in [0.29, 0.717) is 13.2 Å². The van der Waals surface area contributed by atoms with E-state index in [9.17, 15) is 0 Å². The third-order valence-corrected chi connectivity index (χ3v) is 3.98. The monoisotopic (exact) mass is 299 g/mol. The molecule has 0 aliphatic rings. The summed E-state index contributed by atoms with van der Waals surface area (Å²) >= 11 is 0. The van der Waals surface area contributed by atoms with Crippen molar-refractivity contribution in [1.29, 1.82) is 0 Å². The zero-order valence-corrected chi connectivity index (χ0v) is 13.6. The van der Waals surface area contributed by atoms with Gasteiger partial charge in [0.05, 0.1) is 13.7 Å². The number of rotatable bonds is 7. The highest BCUT2D eigenvalue weighted by atomic mass is 16.5. The molecule has 0 heterocycles. The molecule has 0 fully saturated rings. The molecule has 22 heavy (non-hydrogen) atoms. The molecule has 0 saturated carbocycles. The van der Waals surface area contributed by atoms with E-state index in [0.717, 1.165) is 23.5 Å². The first-order chi connectivity index (χ1) is 10.7. The van der Waals surface area contributed by atoms with E-state index in [4.69, 9.17) is 15.2 Å². The summed E-state index contributed by atoms with van der Waals surface area (Å²) in [5.74, 6) is 2.11. The summed E-state index contributed by atoms with van der Waals surface area (Å²) in [7, 11) is 1.69. The molecule has 2 aromatic rings. The van der Waals surface area contributed by atoms with E-state index < -0.39 is 0 Å². The van der Waals surface area contributed by atoms with Crippen LogP contribution in [-0.4, -0.2) is 20.3 Å². The second-order valence-corrected chi connectivity index (χ2v) is 5.53. The van der Waals surface area contributed by atoms with Gasteiger partial charge in [-0.1, -0.05) is 36.4 Å². The maximum absolute atomic E-state index is 6.00. The highest BCUT2D eigenvalue weighted by Crippen LogP contribution is 2.29. The van der Waals surface area contributed by atoms with Gasteiger partial charge in [-0.2, -0.15) is 0 Å². The molecule has 0 aliphatic heterocycles. The number of methoxy groups -OCH3 is 1. The van der Waals surface area contributed by atoms with Gasteiger partial charge in [-0.05, 0) is 49.6 Å². The zero-order chi connectivity index (χ0) is 15.9. The van der Waals surface area contributed by atoms with Gasteiger partial charge in [-0.3, -0.25) is 0 Å². The number of ether oxygens (including phenoxy) is 2. The molecule has 1 unspecified atom stereocenters. The summed E-state index contributed by atoms with van der Waals surface area (Å²) in [6.07, 6.45) is 0.866. The predicted molar refractivity (Wildman–Crippen MR) is 90.8 cm³/mol. The third-order valence-electron chi connectivity index (χ3n) is 3.98. The smallest absolute Gasteiger partial charge is 0.125 e. The minimum atomic E-state index is 0.237. The molecule has 0 saturated heterocycles. The molecule has 0 aliphatic carbocycles. The van der Waals surface area contributed by atoms with E-state index in [1.165, 1.54) is 11.1 Å². The molecule has 0 bridgehead atoms. The normalized spacial score (nSPS) is 12.0. The first kappa shape index (κ1) is 16.4. The Labute approximate surface area is 133 Å². The first-order valence-corrected chi connectivity index (χ1v) is 7.69. The third kappa shape index (κ3) is 3.80. The number of benzene rings is 2. The van der Waals surface area contributed by atoms with Crippen LogP contribution in [-0.2, 0) is 0 Å². The fraction of sp³-hybridized carbons (Fsp3) is 0.368. The van der Waals surface area contributed by atoms with Crippen molar-refractivity contribution in [3.8, 4) is 11.5 Å². The predicted octanol–water partition coefficient (Wildman–Crippen LogP) is 3.82. The Morgan fingerprint density at radius 1 is 1.00 bits per heavy atom. The van der Waals surface area contributed by atoms with Gasteiger partial charge < -0.3 is 15.2 Å². The summed E-state index contributed by atoms with van der Waals surface area (Å²) in [5.41, 5.74) is 9.44. The molecule has 0 amide bonds. The van der Waals surface area contributed by atoms with Gasteiger partial charge in [0.15, 0.2) is 0 Å². The second kappa shape index (κ2) is 7.85. The lowest BCUT2D eigenvalue weighted by Gasteiger charge is -2.19. The van der Waals surface area contributed by atoms with Crippen LogP contribution in [0.2, 0.25) is 0 Å². The minimum absolute atomic E-state index is 0.237. The van der Waals surface area contributed by atoms with Gasteiger partial charge >= 0.3 is 0 Å². The summed E-state index contributed by atoms with van der Waals surface area (Å²) < 4.78 is 11.4. The van der Waals surface area contributed by atoms with Crippen LogP contribution < -0.4 is 15.2 Å². The number of hydrogen-bond donors (Lipinski definition) is 1. The summed E-state index contributed by atoms with van der Waals surface area (Å²) in [4.78, 5) is 0. The van der Waals surface area contributed by atoms with Crippen molar-refractivity contribution in [2.24, 2.45) is 5.73 Å². The number of aryl methyl sites for hydroxylation is 2. The number of para-hydroxylation sites is 2. The lowest BCUT2D eigenvalue weighted by atomic mass is 9.95. The molecular weight excluding hydrogens is 274 g/mol. The Kier molecular flexibility index (Phi) is 5.84. The van der Waals surface area contributed by atoms with Gasteiger partial charge in [0.25, 0.3) is 0 Å². The minimum Gasteiger partial charge on any atom is -0.496 e. The Hall–Kier alpha value is -2.00. The summed E-state index contributed by atoms with van der Waals surface area (Å²) in [6.45, 7) is 5.37. The highest BCUT2D eigenvalue weighted by Gasteiger charge is 2.15. The van der Waals surface area contributed by atoms with Crippen LogP contribution in [0.15, 0.2) is 42.5 Å². The zero-order valence-electron chi connectivity index (χ0n) is 13.6. The van der Waals surface area contributed by atoms with Gasteiger partial charge in [0.1, 0.15) is 11.5 Å². The molecule has 1 atom stereocenters. The molecule has 3 nitrogen and oxygen atoms in total. The van der Waals surface area contributed by atoms with Crippen LogP contribution in [0.5, 0.6) is 11.5 Å². The van der Waals surface area contributed by atoms with Crippen LogP contribution in [0.4, 0.5) is 0 Å². The van der Waals surface area contributed by atoms with Crippen molar-refractivity contribution in [2.75, 3.05) is 20.3 Å². The van der Waals surface area contributed by atoms with E-state index in [1.54, 1.807) is 7.11 Å². The fourth-order valence-corrected chi connectivity index (χ4v) is 2.73. The fourth-order valence-electron chi connectivity index (χ4n) is 2.73. The average molecular weight is 299 g/mol. The molecule has 2 rings (SSSR count). The van der Waals surface area contributed by atoms with Crippen LogP contribution in [0.3, 0.4) is 0 Å². The average Bonchev–Trinajstić information content (AvgIpc) is 2.54. The topological polar surface area (TPSA) is 44.5 Å². The van der Waals surface area contributed by atoms with Crippen molar-refractivity contribution >= 4 is 0 Å². The lowest BCUT2D eigenvalue weighted by molar-refractivity contribution is 0.293. The SMILES string of the molecule is COc1ccccc1C(CN)CCOc1c(C)cccc1C. The molecule has 2 N–H and O–H groups in total. The first-order valence-electron chi connectivity index (χ1n) is 7.69. The maximum atomic E-state index is 6.00. The van der Waals surface area contributed by atoms with E-state index in [2.05, 4.69) is 38.1 Å². The van der Waals surface area contributed by atoms with Crippen molar-refractivity contribution in [2.45, 2.75) is 26.2 Å². The van der Waals surface area contributed by atoms with Gasteiger partial charge in [0, 0.05) is 5.92 Å². The number of hydrogen-bond acceptors (Lipinski definition) is 3. The van der Waals surface area contributed by atoms with Crippen LogP contribution in [0.1, 0.15) is 29.0 Å². The van der Waals surface area contributed by atoms with Crippen molar-refractivity contribution in [3.05, 3.63) is 59.2 Å². The Morgan fingerprint density at radius 2 is 1.68 bits per heavy atom. The Morgan fingerprint density at radius 3 is 2.32 bits per heavy atom. The van der Waals surface area contributed by atoms with Crippen molar-refractivity contribution < 1.29 is 9.47 Å². The van der Waals surface area contributed by atoms with Gasteiger partial charge in [-0.25, -0.2) is 0 Å². The molecule has 3 heteroatoms. The van der Waals surface area contributed by atoms with Crippen LogP contribution in [0.25, 0.3) is 0 Å². The Balaban J connectivity index is 2.03. The highest BCUT2D eigenvalue weighted by molar-refractivity contribution is 5.40.